The molecule has 0 radical (unpaired) electrons. The van der Waals surface area contributed by atoms with E-state index in [1.54, 1.807) is 18.2 Å². The minimum atomic E-state index is -0.0550. The van der Waals surface area contributed by atoms with E-state index in [1.807, 2.05) is 0 Å². The number of benzene rings is 1. The first kappa shape index (κ1) is 14.2. The van der Waals surface area contributed by atoms with E-state index in [9.17, 15) is 4.79 Å². The highest BCUT2D eigenvalue weighted by molar-refractivity contribution is 6.33. The number of nitrogens with one attached hydrogen (secondary N) is 1. The van der Waals surface area contributed by atoms with Gasteiger partial charge in [0, 0.05) is 11.6 Å². The molecule has 0 heterocycles. The highest BCUT2D eigenvalue weighted by atomic mass is 35.5. The first-order valence-electron chi connectivity index (χ1n) is 6.94. The van der Waals surface area contributed by atoms with Crippen molar-refractivity contribution in [2.24, 2.45) is 5.92 Å². The van der Waals surface area contributed by atoms with Crippen LogP contribution in [0.1, 0.15) is 49.4 Å². The van der Waals surface area contributed by atoms with Gasteiger partial charge in [-0.05, 0) is 37.0 Å². The standard InChI is InChI=1S/C15H21ClN2O/c1-10-5-3-2-4-6-14(10)18-15(19)11-7-8-13(17)12(16)9-11/h7-10,14H,2-6,17H2,1H3,(H,18,19). The monoisotopic (exact) mass is 280 g/mol. The maximum Gasteiger partial charge on any atom is 0.251 e. The van der Waals surface area contributed by atoms with Crippen LogP contribution in [-0.2, 0) is 0 Å². The van der Waals surface area contributed by atoms with Crippen molar-refractivity contribution in [3.63, 3.8) is 0 Å². The summed E-state index contributed by atoms with van der Waals surface area (Å²) >= 11 is 5.95. The lowest BCUT2D eigenvalue weighted by molar-refractivity contribution is 0.0921. The molecule has 0 aliphatic heterocycles. The van der Waals surface area contributed by atoms with E-state index in [4.69, 9.17) is 17.3 Å². The van der Waals surface area contributed by atoms with E-state index < -0.39 is 0 Å². The van der Waals surface area contributed by atoms with Crippen LogP contribution >= 0.6 is 11.6 Å². The smallest absolute Gasteiger partial charge is 0.251 e. The minimum absolute atomic E-state index is 0.0550. The van der Waals surface area contributed by atoms with Crippen molar-refractivity contribution in [2.45, 2.75) is 45.1 Å². The fourth-order valence-corrected chi connectivity index (χ4v) is 2.81. The zero-order valence-electron chi connectivity index (χ0n) is 11.3. The van der Waals surface area contributed by atoms with Crippen LogP contribution in [0.3, 0.4) is 0 Å². The molecule has 0 saturated heterocycles. The third kappa shape index (κ3) is 3.63. The summed E-state index contributed by atoms with van der Waals surface area (Å²) in [4.78, 5) is 12.2. The van der Waals surface area contributed by atoms with Crippen molar-refractivity contribution in [3.8, 4) is 0 Å². The molecule has 2 rings (SSSR count). The van der Waals surface area contributed by atoms with Gasteiger partial charge in [-0.25, -0.2) is 0 Å². The van der Waals surface area contributed by atoms with Crippen LogP contribution in [0.5, 0.6) is 0 Å². The van der Waals surface area contributed by atoms with Gasteiger partial charge in [0.15, 0.2) is 0 Å². The van der Waals surface area contributed by atoms with Gasteiger partial charge in [-0.2, -0.15) is 0 Å². The fraction of sp³-hybridized carbons (Fsp3) is 0.533. The molecule has 0 bridgehead atoms. The van der Waals surface area contributed by atoms with Crippen LogP contribution in [0.15, 0.2) is 18.2 Å². The molecule has 19 heavy (non-hydrogen) atoms. The summed E-state index contributed by atoms with van der Waals surface area (Å²) in [5, 5.41) is 3.57. The molecule has 104 valence electrons. The van der Waals surface area contributed by atoms with E-state index in [2.05, 4.69) is 12.2 Å². The zero-order valence-corrected chi connectivity index (χ0v) is 12.0. The van der Waals surface area contributed by atoms with Gasteiger partial charge in [0.1, 0.15) is 0 Å². The highest BCUT2D eigenvalue weighted by Gasteiger charge is 2.22. The summed E-state index contributed by atoms with van der Waals surface area (Å²) < 4.78 is 0. The summed E-state index contributed by atoms with van der Waals surface area (Å²) in [6.07, 6.45) is 5.98. The van der Waals surface area contributed by atoms with Gasteiger partial charge in [-0.3, -0.25) is 4.79 Å². The summed E-state index contributed by atoms with van der Waals surface area (Å²) in [7, 11) is 0. The second kappa shape index (κ2) is 6.29. The quantitative estimate of drug-likeness (QED) is 0.642. The molecule has 1 saturated carbocycles. The van der Waals surface area contributed by atoms with Gasteiger partial charge in [-0.1, -0.05) is 37.8 Å². The summed E-state index contributed by atoms with van der Waals surface area (Å²) in [6, 6.07) is 5.30. The Kier molecular flexibility index (Phi) is 4.70. The minimum Gasteiger partial charge on any atom is -0.398 e. The third-order valence-corrected chi connectivity index (χ3v) is 4.27. The molecule has 3 nitrogen and oxygen atoms in total. The van der Waals surface area contributed by atoms with E-state index in [0.29, 0.717) is 22.2 Å². The first-order chi connectivity index (χ1) is 9.08. The van der Waals surface area contributed by atoms with E-state index in [1.165, 1.54) is 25.7 Å². The van der Waals surface area contributed by atoms with Crippen LogP contribution < -0.4 is 11.1 Å². The molecule has 2 unspecified atom stereocenters. The van der Waals surface area contributed by atoms with Crippen molar-refractivity contribution in [1.82, 2.24) is 5.32 Å². The second-order valence-electron chi connectivity index (χ2n) is 5.43. The number of halogens is 1. The van der Waals surface area contributed by atoms with Crippen LogP contribution in [0.4, 0.5) is 5.69 Å². The Morgan fingerprint density at radius 1 is 1.32 bits per heavy atom. The van der Waals surface area contributed by atoms with Crippen molar-refractivity contribution >= 4 is 23.2 Å². The molecule has 3 N–H and O–H groups in total. The van der Waals surface area contributed by atoms with Crippen molar-refractivity contribution in [3.05, 3.63) is 28.8 Å². The van der Waals surface area contributed by atoms with Crippen molar-refractivity contribution in [1.29, 1.82) is 0 Å². The molecule has 1 aromatic rings. The highest BCUT2D eigenvalue weighted by Crippen LogP contribution is 2.24. The first-order valence-corrected chi connectivity index (χ1v) is 7.31. The maximum atomic E-state index is 12.2. The Labute approximate surface area is 119 Å². The molecule has 1 aromatic carbocycles. The number of anilines is 1. The van der Waals surface area contributed by atoms with Gasteiger partial charge in [0.25, 0.3) is 5.91 Å². The Balaban J connectivity index is 2.05. The van der Waals surface area contributed by atoms with Gasteiger partial charge < -0.3 is 11.1 Å². The van der Waals surface area contributed by atoms with E-state index in [0.717, 1.165) is 6.42 Å². The zero-order chi connectivity index (χ0) is 13.8. The topological polar surface area (TPSA) is 55.1 Å². The molecule has 1 fully saturated rings. The van der Waals surface area contributed by atoms with Crippen molar-refractivity contribution in [2.75, 3.05) is 5.73 Å². The number of rotatable bonds is 2. The number of nitrogen functional groups attached to an aromatic ring is 1. The van der Waals surface area contributed by atoms with Crippen molar-refractivity contribution < 1.29 is 4.79 Å². The largest absolute Gasteiger partial charge is 0.398 e. The normalized spacial score (nSPS) is 23.7. The van der Waals surface area contributed by atoms with Crippen LogP contribution in [0.25, 0.3) is 0 Å². The Morgan fingerprint density at radius 3 is 2.79 bits per heavy atom. The molecule has 1 aliphatic carbocycles. The van der Waals surface area contributed by atoms with Crippen LogP contribution in [-0.4, -0.2) is 11.9 Å². The average molecular weight is 281 g/mol. The second-order valence-corrected chi connectivity index (χ2v) is 5.84. The third-order valence-electron chi connectivity index (χ3n) is 3.94. The predicted octanol–water partition coefficient (Wildman–Crippen LogP) is 3.62. The summed E-state index contributed by atoms with van der Waals surface area (Å²) in [5.41, 5.74) is 6.73. The number of amides is 1. The van der Waals surface area contributed by atoms with E-state index >= 15 is 0 Å². The molecule has 1 amide bonds. The molecular weight excluding hydrogens is 260 g/mol. The molecular formula is C15H21ClN2O. The van der Waals surface area contributed by atoms with Gasteiger partial charge in [0.05, 0.1) is 10.7 Å². The Morgan fingerprint density at radius 2 is 2.05 bits per heavy atom. The predicted molar refractivity (Wildman–Crippen MR) is 79.4 cm³/mol. The number of carbonyl (C=O) groups excluding carboxylic acids is 1. The molecule has 1 aliphatic rings. The average Bonchev–Trinajstić information content (AvgIpc) is 2.58. The van der Waals surface area contributed by atoms with Gasteiger partial charge in [-0.15, -0.1) is 0 Å². The fourth-order valence-electron chi connectivity index (χ4n) is 2.63. The number of hydrogen-bond acceptors (Lipinski definition) is 2. The molecule has 2 atom stereocenters. The number of hydrogen-bond donors (Lipinski definition) is 2. The van der Waals surface area contributed by atoms with Gasteiger partial charge >= 0.3 is 0 Å². The van der Waals surface area contributed by atoms with Gasteiger partial charge in [0.2, 0.25) is 0 Å². The van der Waals surface area contributed by atoms with E-state index in [-0.39, 0.29) is 11.9 Å². The van der Waals surface area contributed by atoms with Crippen LogP contribution in [0.2, 0.25) is 5.02 Å². The molecule has 0 spiro atoms. The SMILES string of the molecule is CC1CCCCCC1NC(=O)c1ccc(N)c(Cl)c1. The lowest BCUT2D eigenvalue weighted by Gasteiger charge is -2.22. The Hall–Kier alpha value is -1.22. The number of nitrogens with two attached hydrogens (primary N) is 1. The summed E-state index contributed by atoms with van der Waals surface area (Å²) in [6.45, 7) is 2.21. The lowest BCUT2D eigenvalue weighted by Crippen LogP contribution is -2.38. The Bertz CT molecular complexity index is 461. The molecule has 0 aromatic heterocycles. The summed E-state index contributed by atoms with van der Waals surface area (Å²) in [5.74, 6) is 0.483. The number of carbonyl (C=O) groups is 1. The van der Waals surface area contributed by atoms with Crippen LogP contribution in [0, 0.1) is 5.92 Å². The molecule has 4 heteroatoms. The maximum absolute atomic E-state index is 12.2. The lowest BCUT2D eigenvalue weighted by atomic mass is 9.96.